The predicted octanol–water partition coefficient (Wildman–Crippen LogP) is 0.910. The summed E-state index contributed by atoms with van der Waals surface area (Å²) in [6.45, 7) is 3.35. The highest BCUT2D eigenvalue weighted by Gasteiger charge is 2.42. The van der Waals surface area contributed by atoms with Gasteiger partial charge in [-0.05, 0) is 37.0 Å². The number of anilines is 1. The molecule has 7 heteroatoms. The Kier molecular flexibility index (Phi) is 4.54. The third kappa shape index (κ3) is 3.20. The van der Waals surface area contributed by atoms with Crippen LogP contribution in [0.4, 0.5) is 5.82 Å². The maximum atomic E-state index is 11.3. The molecule has 1 saturated heterocycles. The van der Waals surface area contributed by atoms with Gasteiger partial charge in [-0.3, -0.25) is 4.79 Å². The topological polar surface area (TPSA) is 78.4 Å². The van der Waals surface area contributed by atoms with Gasteiger partial charge in [0.1, 0.15) is 5.82 Å². The summed E-state index contributed by atoms with van der Waals surface area (Å²) in [6.07, 6.45) is 4.90. The lowest BCUT2D eigenvalue weighted by atomic mass is 9.77. The molecule has 120 valence electrons. The van der Waals surface area contributed by atoms with E-state index in [1.54, 1.807) is 6.20 Å². The van der Waals surface area contributed by atoms with E-state index in [2.05, 4.69) is 20.2 Å². The molecule has 2 aliphatic rings. The predicted molar refractivity (Wildman–Crippen MR) is 85.9 cm³/mol. The summed E-state index contributed by atoms with van der Waals surface area (Å²) in [7, 11) is 0. The van der Waals surface area contributed by atoms with Crippen LogP contribution in [0.15, 0.2) is 17.4 Å². The van der Waals surface area contributed by atoms with Crippen LogP contribution in [0, 0.1) is 11.8 Å². The molecular formula is C15H22N4O2S. The molecule has 6 nitrogen and oxygen atoms in total. The van der Waals surface area contributed by atoms with Crippen molar-refractivity contribution in [2.45, 2.75) is 37.1 Å². The number of fused-ring (bicyclic) bond motifs is 1. The molecule has 1 amide bonds. The zero-order chi connectivity index (χ0) is 15.7. The summed E-state index contributed by atoms with van der Waals surface area (Å²) in [5.41, 5.74) is 0. The van der Waals surface area contributed by atoms with E-state index in [4.69, 9.17) is 0 Å². The minimum Gasteiger partial charge on any atom is -0.391 e. The summed E-state index contributed by atoms with van der Waals surface area (Å²) in [6, 6.07) is 1.82. The van der Waals surface area contributed by atoms with Crippen molar-refractivity contribution in [3.05, 3.63) is 12.3 Å². The van der Waals surface area contributed by atoms with E-state index >= 15 is 0 Å². The largest absolute Gasteiger partial charge is 0.391 e. The average molecular weight is 322 g/mol. The lowest BCUT2D eigenvalue weighted by Gasteiger charge is -2.35. The van der Waals surface area contributed by atoms with E-state index in [0.717, 1.165) is 36.9 Å². The molecular weight excluding hydrogens is 300 g/mol. The first-order chi connectivity index (χ1) is 10.6. The fraction of sp³-hybridized carbons (Fsp3) is 0.667. The number of aliphatic hydroxyl groups excluding tert-OH is 1. The molecule has 1 aromatic rings. The van der Waals surface area contributed by atoms with E-state index < -0.39 is 6.10 Å². The number of aromatic nitrogens is 2. The van der Waals surface area contributed by atoms with Crippen LogP contribution >= 0.6 is 11.8 Å². The molecule has 2 fully saturated rings. The Balaban J connectivity index is 1.69. The zero-order valence-electron chi connectivity index (χ0n) is 12.9. The average Bonchev–Trinajstić information content (AvgIpc) is 2.90. The molecule has 22 heavy (non-hydrogen) atoms. The molecule has 1 aromatic heterocycles. The second kappa shape index (κ2) is 6.42. The summed E-state index contributed by atoms with van der Waals surface area (Å²) >= 11 is 1.54. The molecule has 0 aromatic carbocycles. The molecule has 0 radical (unpaired) electrons. The molecule has 0 unspecified atom stereocenters. The number of carbonyl (C=O) groups excluding carboxylic acids is 1. The molecule has 0 bridgehead atoms. The minimum atomic E-state index is -0.447. The number of aliphatic hydroxyl groups is 1. The fourth-order valence-electron chi connectivity index (χ4n) is 3.64. The van der Waals surface area contributed by atoms with Crippen LogP contribution < -0.4 is 10.2 Å². The van der Waals surface area contributed by atoms with E-state index in [1.165, 1.54) is 18.7 Å². The Labute approximate surface area is 134 Å². The second-order valence-corrected chi connectivity index (χ2v) is 6.95. The molecule has 2 heterocycles. The number of amides is 1. The van der Waals surface area contributed by atoms with Gasteiger partial charge >= 0.3 is 0 Å². The van der Waals surface area contributed by atoms with E-state index in [0.29, 0.717) is 11.8 Å². The van der Waals surface area contributed by atoms with Gasteiger partial charge in [-0.25, -0.2) is 9.97 Å². The summed E-state index contributed by atoms with van der Waals surface area (Å²) in [5.74, 6) is 1.85. The molecule has 0 spiro atoms. The number of rotatable bonds is 3. The van der Waals surface area contributed by atoms with Crippen LogP contribution in [-0.2, 0) is 4.79 Å². The summed E-state index contributed by atoms with van der Waals surface area (Å²) < 4.78 is 0. The van der Waals surface area contributed by atoms with Gasteiger partial charge in [0.25, 0.3) is 0 Å². The Morgan fingerprint density at radius 1 is 1.41 bits per heavy atom. The number of carbonyl (C=O) groups is 1. The van der Waals surface area contributed by atoms with Crippen molar-refractivity contribution in [2.24, 2.45) is 11.8 Å². The van der Waals surface area contributed by atoms with Crippen LogP contribution in [0.3, 0.4) is 0 Å². The number of nitrogens with one attached hydrogen (secondary N) is 1. The van der Waals surface area contributed by atoms with Crippen molar-refractivity contribution in [3.63, 3.8) is 0 Å². The number of hydrogen-bond donors (Lipinski definition) is 2. The van der Waals surface area contributed by atoms with Gasteiger partial charge in [-0.1, -0.05) is 11.8 Å². The highest BCUT2D eigenvalue weighted by Crippen LogP contribution is 2.38. The van der Waals surface area contributed by atoms with E-state index in [9.17, 15) is 9.90 Å². The highest BCUT2D eigenvalue weighted by atomic mass is 32.2. The SMILES string of the molecule is CSc1nccc(N2C[C@H]3C[C@@H](NC(C)=O)[C@H](O)C[C@H]3C2)n1. The number of hydrogen-bond acceptors (Lipinski definition) is 6. The van der Waals surface area contributed by atoms with Crippen LogP contribution in [0.2, 0.25) is 0 Å². The van der Waals surface area contributed by atoms with Crippen molar-refractivity contribution in [2.75, 3.05) is 24.2 Å². The van der Waals surface area contributed by atoms with Gasteiger partial charge in [0, 0.05) is 26.2 Å². The molecule has 4 atom stereocenters. The van der Waals surface area contributed by atoms with Crippen LogP contribution in [-0.4, -0.2) is 52.5 Å². The smallest absolute Gasteiger partial charge is 0.217 e. The Hall–Kier alpha value is -1.34. The maximum Gasteiger partial charge on any atom is 0.217 e. The van der Waals surface area contributed by atoms with Gasteiger partial charge in [0.05, 0.1) is 12.1 Å². The molecule has 1 aliphatic carbocycles. The van der Waals surface area contributed by atoms with Crippen molar-refractivity contribution in [1.29, 1.82) is 0 Å². The van der Waals surface area contributed by atoms with Crippen molar-refractivity contribution >= 4 is 23.5 Å². The lowest BCUT2D eigenvalue weighted by molar-refractivity contribution is -0.121. The minimum absolute atomic E-state index is 0.0715. The van der Waals surface area contributed by atoms with Gasteiger partial charge in [-0.2, -0.15) is 0 Å². The maximum absolute atomic E-state index is 11.3. The quantitative estimate of drug-likeness (QED) is 0.636. The number of thioether (sulfide) groups is 1. The lowest BCUT2D eigenvalue weighted by Crippen LogP contribution is -2.48. The Morgan fingerprint density at radius 2 is 2.14 bits per heavy atom. The molecule has 1 aliphatic heterocycles. The van der Waals surface area contributed by atoms with Gasteiger partial charge in [0.2, 0.25) is 5.91 Å². The summed E-state index contributed by atoms with van der Waals surface area (Å²) in [4.78, 5) is 22.3. The van der Waals surface area contributed by atoms with Crippen molar-refractivity contribution in [3.8, 4) is 0 Å². The van der Waals surface area contributed by atoms with Gasteiger partial charge in [-0.15, -0.1) is 0 Å². The number of nitrogens with zero attached hydrogens (tertiary/aromatic N) is 3. The zero-order valence-corrected chi connectivity index (χ0v) is 13.7. The van der Waals surface area contributed by atoms with Crippen LogP contribution in [0.1, 0.15) is 19.8 Å². The first-order valence-electron chi connectivity index (χ1n) is 7.64. The molecule has 2 N–H and O–H groups in total. The van der Waals surface area contributed by atoms with Crippen LogP contribution in [0.25, 0.3) is 0 Å². The normalized spacial score (nSPS) is 31.0. The van der Waals surface area contributed by atoms with Gasteiger partial charge < -0.3 is 15.3 Å². The fourth-order valence-corrected chi connectivity index (χ4v) is 3.99. The standard InChI is InChI=1S/C15H22N4O2S/c1-9(20)17-12-5-10-7-19(8-11(10)6-13(12)21)14-3-4-16-15(18-14)22-2/h3-4,10-13,21H,5-8H2,1-2H3,(H,17,20)/t10-,11+,12-,13-/m1/s1. The van der Waals surface area contributed by atoms with Crippen molar-refractivity contribution < 1.29 is 9.90 Å². The van der Waals surface area contributed by atoms with E-state index in [-0.39, 0.29) is 11.9 Å². The first kappa shape index (κ1) is 15.6. The van der Waals surface area contributed by atoms with E-state index in [1.807, 2.05) is 12.3 Å². The van der Waals surface area contributed by atoms with Crippen LogP contribution in [0.5, 0.6) is 0 Å². The van der Waals surface area contributed by atoms with Crippen molar-refractivity contribution in [1.82, 2.24) is 15.3 Å². The van der Waals surface area contributed by atoms with Gasteiger partial charge in [0.15, 0.2) is 5.16 Å². The Morgan fingerprint density at radius 3 is 2.82 bits per heavy atom. The first-order valence-corrected chi connectivity index (χ1v) is 8.86. The molecule has 3 rings (SSSR count). The summed E-state index contributed by atoms with van der Waals surface area (Å²) in [5, 5.41) is 13.9. The Bertz CT molecular complexity index is 556. The third-order valence-corrected chi connectivity index (χ3v) is 5.22. The highest BCUT2D eigenvalue weighted by molar-refractivity contribution is 7.98. The second-order valence-electron chi connectivity index (χ2n) is 6.17. The molecule has 1 saturated carbocycles. The monoisotopic (exact) mass is 322 g/mol. The third-order valence-electron chi connectivity index (χ3n) is 4.66.